The molecule has 0 spiro atoms. The normalized spacial score (nSPS) is 12.8. The van der Waals surface area contributed by atoms with Gasteiger partial charge in [0.05, 0.1) is 6.04 Å². The molecular formula is C9H16N4. The zero-order chi connectivity index (χ0) is 9.52. The van der Waals surface area contributed by atoms with Gasteiger partial charge in [-0.25, -0.2) is 9.97 Å². The molecule has 1 heterocycles. The number of rotatable bonds is 5. The van der Waals surface area contributed by atoms with E-state index in [-0.39, 0.29) is 6.04 Å². The molecule has 0 aliphatic rings. The second-order valence-corrected chi connectivity index (χ2v) is 3.00. The molecule has 4 N–H and O–H groups in total. The van der Waals surface area contributed by atoms with Gasteiger partial charge in [-0.2, -0.15) is 0 Å². The first-order valence-electron chi connectivity index (χ1n) is 4.57. The molecule has 1 rings (SSSR count). The van der Waals surface area contributed by atoms with Crippen molar-refractivity contribution in [2.24, 2.45) is 11.5 Å². The van der Waals surface area contributed by atoms with Gasteiger partial charge in [0.25, 0.3) is 0 Å². The van der Waals surface area contributed by atoms with E-state index in [2.05, 4.69) is 9.97 Å². The molecule has 0 saturated carbocycles. The Morgan fingerprint density at radius 1 is 1.23 bits per heavy atom. The fraction of sp³-hybridized carbons (Fsp3) is 0.556. The highest BCUT2D eigenvalue weighted by molar-refractivity contribution is 4.94. The minimum atomic E-state index is -0.0484. The summed E-state index contributed by atoms with van der Waals surface area (Å²) in [4.78, 5) is 8.18. The molecular weight excluding hydrogens is 164 g/mol. The summed E-state index contributed by atoms with van der Waals surface area (Å²) in [6.07, 6.45) is 6.38. The van der Waals surface area contributed by atoms with Gasteiger partial charge in [0, 0.05) is 12.4 Å². The molecule has 72 valence electrons. The SMILES string of the molecule is NCCCCC(N)c1ncccn1. The molecule has 1 atom stereocenters. The molecule has 0 aromatic carbocycles. The first kappa shape index (κ1) is 10.1. The second-order valence-electron chi connectivity index (χ2n) is 3.00. The van der Waals surface area contributed by atoms with E-state index in [9.17, 15) is 0 Å². The summed E-state index contributed by atoms with van der Waals surface area (Å²) < 4.78 is 0. The highest BCUT2D eigenvalue weighted by Crippen LogP contribution is 2.10. The topological polar surface area (TPSA) is 77.8 Å². The van der Waals surface area contributed by atoms with Gasteiger partial charge in [0.1, 0.15) is 5.82 Å². The van der Waals surface area contributed by atoms with E-state index in [0.29, 0.717) is 0 Å². The molecule has 0 saturated heterocycles. The van der Waals surface area contributed by atoms with E-state index in [1.54, 1.807) is 18.5 Å². The summed E-state index contributed by atoms with van der Waals surface area (Å²) in [5, 5.41) is 0. The fourth-order valence-corrected chi connectivity index (χ4v) is 1.14. The Kier molecular flexibility index (Phi) is 4.35. The number of unbranched alkanes of at least 4 members (excludes halogenated alkanes) is 1. The standard InChI is InChI=1S/C9H16N4/c10-5-2-1-4-8(11)9-12-6-3-7-13-9/h3,6-8H,1-2,4-5,10-11H2. The van der Waals surface area contributed by atoms with Crippen molar-refractivity contribution < 1.29 is 0 Å². The maximum atomic E-state index is 5.87. The zero-order valence-electron chi connectivity index (χ0n) is 7.69. The number of nitrogens with two attached hydrogens (primary N) is 2. The van der Waals surface area contributed by atoms with Crippen molar-refractivity contribution in [3.8, 4) is 0 Å². The fourth-order valence-electron chi connectivity index (χ4n) is 1.14. The molecule has 1 aromatic rings. The molecule has 0 amide bonds. The monoisotopic (exact) mass is 180 g/mol. The van der Waals surface area contributed by atoms with Crippen molar-refractivity contribution >= 4 is 0 Å². The van der Waals surface area contributed by atoms with Gasteiger partial charge < -0.3 is 11.5 Å². The molecule has 4 nitrogen and oxygen atoms in total. The van der Waals surface area contributed by atoms with Gasteiger partial charge in [-0.05, 0) is 25.5 Å². The van der Waals surface area contributed by atoms with E-state index >= 15 is 0 Å². The molecule has 0 radical (unpaired) electrons. The van der Waals surface area contributed by atoms with Crippen molar-refractivity contribution in [2.75, 3.05) is 6.54 Å². The van der Waals surface area contributed by atoms with Crippen LogP contribution in [0.3, 0.4) is 0 Å². The van der Waals surface area contributed by atoms with Crippen molar-refractivity contribution in [3.63, 3.8) is 0 Å². The third-order valence-electron chi connectivity index (χ3n) is 1.89. The van der Waals surface area contributed by atoms with Gasteiger partial charge in [-0.1, -0.05) is 6.42 Å². The van der Waals surface area contributed by atoms with Gasteiger partial charge in [0.2, 0.25) is 0 Å². The van der Waals surface area contributed by atoms with E-state index in [1.165, 1.54) is 0 Å². The number of hydrogen-bond acceptors (Lipinski definition) is 4. The maximum Gasteiger partial charge on any atom is 0.144 e. The summed E-state index contributed by atoms with van der Waals surface area (Å²) >= 11 is 0. The lowest BCUT2D eigenvalue weighted by molar-refractivity contribution is 0.565. The van der Waals surface area contributed by atoms with Crippen LogP contribution in [-0.4, -0.2) is 16.5 Å². The molecule has 0 bridgehead atoms. The lowest BCUT2D eigenvalue weighted by Gasteiger charge is -2.08. The van der Waals surface area contributed by atoms with Crippen LogP contribution in [0.1, 0.15) is 31.1 Å². The van der Waals surface area contributed by atoms with Gasteiger partial charge in [0.15, 0.2) is 0 Å². The van der Waals surface area contributed by atoms with Crippen molar-refractivity contribution in [1.82, 2.24) is 9.97 Å². The molecule has 1 unspecified atom stereocenters. The zero-order valence-corrected chi connectivity index (χ0v) is 7.69. The van der Waals surface area contributed by atoms with E-state index in [0.717, 1.165) is 31.6 Å². The average molecular weight is 180 g/mol. The highest BCUT2D eigenvalue weighted by atomic mass is 14.9. The van der Waals surface area contributed by atoms with Crippen LogP contribution in [0.2, 0.25) is 0 Å². The summed E-state index contributed by atoms with van der Waals surface area (Å²) in [6, 6.07) is 1.74. The minimum Gasteiger partial charge on any atom is -0.330 e. The quantitative estimate of drug-likeness (QED) is 0.651. The highest BCUT2D eigenvalue weighted by Gasteiger charge is 2.06. The predicted octanol–water partition coefficient (Wildman–Crippen LogP) is 0.605. The smallest absolute Gasteiger partial charge is 0.144 e. The van der Waals surface area contributed by atoms with Crippen LogP contribution >= 0.6 is 0 Å². The number of aromatic nitrogens is 2. The van der Waals surface area contributed by atoms with E-state index in [4.69, 9.17) is 11.5 Å². The van der Waals surface area contributed by atoms with Gasteiger partial charge in [-0.3, -0.25) is 0 Å². The van der Waals surface area contributed by atoms with Crippen LogP contribution in [0.25, 0.3) is 0 Å². The lowest BCUT2D eigenvalue weighted by atomic mass is 10.1. The lowest BCUT2D eigenvalue weighted by Crippen LogP contribution is -2.14. The third-order valence-corrected chi connectivity index (χ3v) is 1.89. The molecule has 0 aliphatic heterocycles. The molecule has 13 heavy (non-hydrogen) atoms. The van der Waals surface area contributed by atoms with Crippen LogP contribution in [0, 0.1) is 0 Å². The Morgan fingerprint density at radius 3 is 2.54 bits per heavy atom. The first-order valence-corrected chi connectivity index (χ1v) is 4.57. The van der Waals surface area contributed by atoms with E-state index in [1.807, 2.05) is 0 Å². The molecule has 0 fully saturated rings. The minimum absolute atomic E-state index is 0.0484. The van der Waals surface area contributed by atoms with Crippen LogP contribution in [0.15, 0.2) is 18.5 Å². The van der Waals surface area contributed by atoms with Crippen molar-refractivity contribution in [1.29, 1.82) is 0 Å². The summed E-state index contributed by atoms with van der Waals surface area (Å²) in [5.74, 6) is 0.722. The summed E-state index contributed by atoms with van der Waals surface area (Å²) in [6.45, 7) is 0.725. The molecule has 0 aliphatic carbocycles. The Balaban J connectivity index is 2.35. The van der Waals surface area contributed by atoms with Crippen LogP contribution in [-0.2, 0) is 0 Å². The Hall–Kier alpha value is -1.00. The van der Waals surface area contributed by atoms with Gasteiger partial charge >= 0.3 is 0 Å². The predicted molar refractivity (Wildman–Crippen MR) is 51.9 cm³/mol. The van der Waals surface area contributed by atoms with Crippen molar-refractivity contribution in [2.45, 2.75) is 25.3 Å². The van der Waals surface area contributed by atoms with Crippen LogP contribution in [0.4, 0.5) is 0 Å². The summed E-state index contributed by atoms with van der Waals surface area (Å²) in [5.41, 5.74) is 11.3. The third kappa shape index (κ3) is 3.48. The van der Waals surface area contributed by atoms with E-state index < -0.39 is 0 Å². The Morgan fingerprint density at radius 2 is 1.92 bits per heavy atom. The van der Waals surface area contributed by atoms with Crippen molar-refractivity contribution in [3.05, 3.63) is 24.3 Å². The largest absolute Gasteiger partial charge is 0.330 e. The van der Waals surface area contributed by atoms with Crippen LogP contribution < -0.4 is 11.5 Å². The summed E-state index contributed by atoms with van der Waals surface area (Å²) in [7, 11) is 0. The molecule has 4 heteroatoms. The number of hydrogen-bond donors (Lipinski definition) is 2. The Labute approximate surface area is 78.4 Å². The average Bonchev–Trinajstić information content (AvgIpc) is 2.19. The van der Waals surface area contributed by atoms with Crippen LogP contribution in [0.5, 0.6) is 0 Å². The second kappa shape index (κ2) is 5.61. The number of nitrogens with zero attached hydrogens (tertiary/aromatic N) is 2. The maximum absolute atomic E-state index is 5.87. The first-order chi connectivity index (χ1) is 6.34. The van der Waals surface area contributed by atoms with Gasteiger partial charge in [-0.15, -0.1) is 0 Å². The molecule has 1 aromatic heterocycles. The Bertz CT molecular complexity index is 224.